The highest BCUT2D eigenvalue weighted by Gasteiger charge is 2.39. The molecule has 0 fully saturated rings. The number of rotatable bonds is 5. The first-order valence-corrected chi connectivity index (χ1v) is 9.03. The summed E-state index contributed by atoms with van der Waals surface area (Å²) in [6.07, 6.45) is 6.48. The molecular formula is C20H17N7O2. The van der Waals surface area contributed by atoms with Crippen LogP contribution >= 0.6 is 0 Å². The molecule has 3 N–H and O–H groups in total. The molecule has 1 unspecified atom stereocenters. The van der Waals surface area contributed by atoms with Crippen LogP contribution in [-0.4, -0.2) is 47.8 Å². The maximum atomic E-state index is 11.8. The van der Waals surface area contributed by atoms with E-state index in [0.29, 0.717) is 40.7 Å². The Hall–Kier alpha value is -3.85. The van der Waals surface area contributed by atoms with Gasteiger partial charge >= 0.3 is 0 Å². The number of aromatic amines is 2. The summed E-state index contributed by atoms with van der Waals surface area (Å²) in [4.78, 5) is 12.3. The first-order valence-electron chi connectivity index (χ1n) is 9.03. The average molecular weight is 387 g/mol. The van der Waals surface area contributed by atoms with E-state index in [0.717, 1.165) is 11.1 Å². The van der Waals surface area contributed by atoms with Crippen LogP contribution in [0.2, 0.25) is 0 Å². The van der Waals surface area contributed by atoms with Crippen molar-refractivity contribution >= 4 is 11.2 Å². The molecule has 1 atom stereocenters. The summed E-state index contributed by atoms with van der Waals surface area (Å²) >= 11 is 0. The van der Waals surface area contributed by atoms with Crippen molar-refractivity contribution in [2.24, 2.45) is 0 Å². The topological polar surface area (TPSA) is 125 Å². The van der Waals surface area contributed by atoms with E-state index < -0.39 is 5.60 Å². The standard InChI is InChI=1S/C20H17N7O2/c1-29-18-14(16-24-26-27-25-16)11-15-17(22-18)23-19(21-15)20(28,13-9-5-6-10-13)12-7-3-2-4-8-12/h2-9,11,28H,10H2,1H3,(H,21,22,23)(H,24,25,26,27). The number of imidazole rings is 1. The Balaban J connectivity index is 1.70. The number of methoxy groups -OCH3 is 1. The smallest absolute Gasteiger partial charge is 0.226 e. The van der Waals surface area contributed by atoms with E-state index >= 15 is 0 Å². The van der Waals surface area contributed by atoms with Gasteiger partial charge in [0.2, 0.25) is 5.88 Å². The summed E-state index contributed by atoms with van der Waals surface area (Å²) in [5.41, 5.74) is 1.79. The molecule has 1 aliphatic rings. The second-order valence-corrected chi connectivity index (χ2v) is 6.65. The summed E-state index contributed by atoms with van der Waals surface area (Å²) < 4.78 is 5.39. The van der Waals surface area contributed by atoms with Crippen molar-refractivity contribution in [1.82, 2.24) is 35.6 Å². The fourth-order valence-electron chi connectivity index (χ4n) is 3.56. The van der Waals surface area contributed by atoms with Crippen LogP contribution in [0.4, 0.5) is 0 Å². The van der Waals surface area contributed by atoms with Crippen LogP contribution in [-0.2, 0) is 5.60 Å². The molecular weight excluding hydrogens is 370 g/mol. The number of nitrogens with zero attached hydrogens (tertiary/aromatic N) is 5. The van der Waals surface area contributed by atoms with Crippen LogP contribution in [0.3, 0.4) is 0 Å². The van der Waals surface area contributed by atoms with Gasteiger partial charge in [-0.25, -0.2) is 10.1 Å². The number of pyridine rings is 1. The molecule has 0 amide bonds. The highest BCUT2D eigenvalue weighted by Crippen LogP contribution is 2.40. The van der Waals surface area contributed by atoms with Gasteiger partial charge in [-0.3, -0.25) is 0 Å². The zero-order valence-corrected chi connectivity index (χ0v) is 15.5. The van der Waals surface area contributed by atoms with Gasteiger partial charge in [-0.15, -0.1) is 5.10 Å². The van der Waals surface area contributed by atoms with Crippen molar-refractivity contribution < 1.29 is 9.84 Å². The summed E-state index contributed by atoms with van der Waals surface area (Å²) in [5.74, 6) is 1.14. The maximum Gasteiger partial charge on any atom is 0.226 e. The van der Waals surface area contributed by atoms with Crippen LogP contribution < -0.4 is 4.74 Å². The number of aliphatic hydroxyl groups is 1. The van der Waals surface area contributed by atoms with Crippen molar-refractivity contribution in [2.75, 3.05) is 7.11 Å². The number of ether oxygens (including phenoxy) is 1. The van der Waals surface area contributed by atoms with Crippen LogP contribution in [0.25, 0.3) is 22.6 Å². The number of allylic oxidation sites excluding steroid dienone is 3. The number of tetrazole rings is 1. The van der Waals surface area contributed by atoms with E-state index in [1.807, 2.05) is 48.6 Å². The van der Waals surface area contributed by atoms with Gasteiger partial charge in [0.05, 0.1) is 18.2 Å². The zero-order valence-electron chi connectivity index (χ0n) is 15.5. The van der Waals surface area contributed by atoms with Gasteiger partial charge in [0.1, 0.15) is 5.82 Å². The molecule has 3 heterocycles. The number of hydrogen-bond donors (Lipinski definition) is 3. The van der Waals surface area contributed by atoms with Crippen LogP contribution in [0.5, 0.6) is 5.88 Å². The second-order valence-electron chi connectivity index (χ2n) is 6.65. The van der Waals surface area contributed by atoms with Gasteiger partial charge in [-0.1, -0.05) is 48.6 Å². The first-order chi connectivity index (χ1) is 14.2. The predicted octanol–water partition coefficient (Wildman–Crippen LogP) is 2.27. The summed E-state index contributed by atoms with van der Waals surface area (Å²) in [6.45, 7) is 0. The molecule has 5 rings (SSSR count). The minimum Gasteiger partial charge on any atom is -0.480 e. The van der Waals surface area contributed by atoms with Crippen molar-refractivity contribution in [3.05, 3.63) is 71.6 Å². The molecule has 3 aromatic heterocycles. The molecule has 0 aliphatic heterocycles. The minimum absolute atomic E-state index is 0.332. The highest BCUT2D eigenvalue weighted by atomic mass is 16.5. The van der Waals surface area contributed by atoms with Crippen molar-refractivity contribution in [3.8, 4) is 17.3 Å². The van der Waals surface area contributed by atoms with E-state index in [1.165, 1.54) is 7.11 Å². The number of fused-ring (bicyclic) bond motifs is 1. The molecule has 1 aliphatic carbocycles. The molecule has 0 saturated carbocycles. The quantitative estimate of drug-likeness (QED) is 0.479. The zero-order chi connectivity index (χ0) is 19.8. The SMILES string of the molecule is COc1nc2nc(C(O)(C3=CC=CC3)c3ccccc3)[nH]c2cc1-c1nnn[nH]1. The molecule has 9 heteroatoms. The highest BCUT2D eigenvalue weighted by molar-refractivity contribution is 5.80. The number of H-pyrrole nitrogens is 2. The van der Waals surface area contributed by atoms with Gasteiger partial charge in [0.25, 0.3) is 0 Å². The summed E-state index contributed by atoms with van der Waals surface area (Å²) in [7, 11) is 1.52. The van der Waals surface area contributed by atoms with Crippen LogP contribution in [0, 0.1) is 0 Å². The van der Waals surface area contributed by atoms with Gasteiger partial charge in [-0.2, -0.15) is 4.98 Å². The largest absolute Gasteiger partial charge is 0.480 e. The van der Waals surface area contributed by atoms with Gasteiger partial charge < -0.3 is 14.8 Å². The lowest BCUT2D eigenvalue weighted by Crippen LogP contribution is -2.30. The molecule has 29 heavy (non-hydrogen) atoms. The van der Waals surface area contributed by atoms with Crippen molar-refractivity contribution in [1.29, 1.82) is 0 Å². The molecule has 9 nitrogen and oxygen atoms in total. The Labute approximate surface area is 165 Å². The maximum absolute atomic E-state index is 11.8. The summed E-state index contributed by atoms with van der Waals surface area (Å²) in [6, 6.07) is 11.3. The Morgan fingerprint density at radius 2 is 2.03 bits per heavy atom. The third-order valence-electron chi connectivity index (χ3n) is 5.00. The average Bonchev–Trinajstić information content (AvgIpc) is 3.54. The van der Waals surface area contributed by atoms with Gasteiger partial charge in [-0.05, 0) is 34.1 Å². The number of aromatic nitrogens is 7. The molecule has 0 saturated heterocycles. The lowest BCUT2D eigenvalue weighted by molar-refractivity contribution is 0.110. The third kappa shape index (κ3) is 2.71. The van der Waals surface area contributed by atoms with Crippen LogP contribution in [0.1, 0.15) is 17.8 Å². The van der Waals surface area contributed by atoms with Crippen LogP contribution in [0.15, 0.2) is 60.2 Å². The number of nitrogens with one attached hydrogen (secondary N) is 2. The van der Waals surface area contributed by atoms with Crippen molar-refractivity contribution in [2.45, 2.75) is 12.0 Å². The van der Waals surface area contributed by atoms with E-state index in [-0.39, 0.29) is 0 Å². The van der Waals surface area contributed by atoms with E-state index in [1.54, 1.807) is 6.07 Å². The molecule has 1 aromatic carbocycles. The number of benzene rings is 1. The first kappa shape index (κ1) is 17.3. The fourth-order valence-corrected chi connectivity index (χ4v) is 3.56. The third-order valence-corrected chi connectivity index (χ3v) is 5.00. The fraction of sp³-hybridized carbons (Fsp3) is 0.150. The lowest BCUT2D eigenvalue weighted by atomic mass is 9.84. The Kier molecular flexibility index (Phi) is 3.95. The van der Waals surface area contributed by atoms with E-state index in [2.05, 4.69) is 35.6 Å². The molecule has 0 bridgehead atoms. The van der Waals surface area contributed by atoms with Gasteiger partial charge in [0.15, 0.2) is 17.1 Å². The Bertz CT molecular complexity index is 1230. The number of hydrogen-bond acceptors (Lipinski definition) is 7. The molecule has 0 radical (unpaired) electrons. The van der Waals surface area contributed by atoms with E-state index in [4.69, 9.17) is 4.74 Å². The predicted molar refractivity (Wildman–Crippen MR) is 105 cm³/mol. The lowest BCUT2D eigenvalue weighted by Gasteiger charge is -2.28. The molecule has 144 valence electrons. The van der Waals surface area contributed by atoms with Gasteiger partial charge in [0, 0.05) is 0 Å². The van der Waals surface area contributed by atoms with Crippen molar-refractivity contribution in [3.63, 3.8) is 0 Å². The van der Waals surface area contributed by atoms with E-state index in [9.17, 15) is 5.11 Å². The second kappa shape index (κ2) is 6.64. The normalized spacial score (nSPS) is 15.4. The monoisotopic (exact) mass is 387 g/mol. The summed E-state index contributed by atoms with van der Waals surface area (Å²) in [5, 5.41) is 25.7. The minimum atomic E-state index is -1.41. The molecule has 4 aromatic rings. The Morgan fingerprint density at radius 3 is 2.72 bits per heavy atom. The Morgan fingerprint density at radius 1 is 1.17 bits per heavy atom. The molecule has 0 spiro atoms.